The van der Waals surface area contributed by atoms with E-state index >= 15 is 0 Å². The van der Waals surface area contributed by atoms with Crippen LogP contribution >= 0.6 is 34.4 Å². The smallest absolute Gasteiger partial charge is 0.485 e. The van der Waals surface area contributed by atoms with Gasteiger partial charge >= 0.3 is 11.0 Å². The average Bonchev–Trinajstić information content (AvgIpc) is 3.77. The summed E-state index contributed by atoms with van der Waals surface area (Å²) in [6.45, 7) is 0. The zero-order chi connectivity index (χ0) is 42.3. The Morgan fingerprint density at radius 1 is 0.421 bits per heavy atom. The first-order valence-corrected chi connectivity index (χ1v) is 22.6. The summed E-state index contributed by atoms with van der Waals surface area (Å²) in [5.41, 5.74) is -11.3. The Morgan fingerprint density at radius 3 is 0.825 bits per heavy atom. The summed E-state index contributed by atoms with van der Waals surface area (Å²) in [5, 5.41) is 0. The summed E-state index contributed by atoms with van der Waals surface area (Å²) in [7, 11) is -13.2. The molecule has 6 rings (SSSR count). The Hall–Kier alpha value is -3.55. The van der Waals surface area contributed by atoms with E-state index in [4.69, 9.17) is 25.9 Å². The van der Waals surface area contributed by atoms with Crippen molar-refractivity contribution in [2.75, 3.05) is 0 Å². The van der Waals surface area contributed by atoms with Crippen molar-refractivity contribution in [3.8, 4) is 0 Å². The Kier molecular flexibility index (Phi) is 15.4. The van der Waals surface area contributed by atoms with Crippen LogP contribution in [0.1, 0.15) is 0 Å². The molecule has 6 nitrogen and oxygen atoms in total. The van der Waals surface area contributed by atoms with Crippen LogP contribution in [0.2, 0.25) is 0 Å². The van der Waals surface area contributed by atoms with E-state index in [1.807, 2.05) is 0 Å². The summed E-state index contributed by atoms with van der Waals surface area (Å²) >= 11 is 4.98. The summed E-state index contributed by atoms with van der Waals surface area (Å²) in [5.74, 6) is -1.19. The van der Waals surface area contributed by atoms with Crippen molar-refractivity contribution in [1.82, 2.24) is 0 Å². The molecule has 2 aromatic heterocycles. The molecule has 0 saturated heterocycles. The molecule has 0 spiro atoms. The molecule has 0 fully saturated rings. The van der Waals surface area contributed by atoms with E-state index in [1.54, 1.807) is 83.0 Å². The molecule has 57 heavy (non-hydrogen) atoms. The van der Waals surface area contributed by atoms with E-state index in [0.29, 0.717) is 0 Å². The zero-order valence-corrected chi connectivity index (χ0v) is 33.3. The third-order valence-electron chi connectivity index (χ3n) is 6.48. The van der Waals surface area contributed by atoms with Gasteiger partial charge in [-0.15, -0.1) is 0 Å². The minimum atomic E-state index is -6.09. The SMILES string of the molecule is Fc1ccc([S+](c2ccc(F)cc2)c2ccc(Sc3ccc([S+](c4ccc(F)cc4)c4ccc(F)cc4)s3)s2)cc1.O=S(=O)([O-])C(F)(F)F.O=S(=O)([O-])C(F)(F)F. The quantitative estimate of drug-likeness (QED) is 0.0646. The van der Waals surface area contributed by atoms with E-state index in [-0.39, 0.29) is 23.3 Å². The summed E-state index contributed by atoms with van der Waals surface area (Å²) in [6, 6.07) is 34.2. The van der Waals surface area contributed by atoms with Crippen LogP contribution < -0.4 is 0 Å². The van der Waals surface area contributed by atoms with Gasteiger partial charge in [-0.1, -0.05) is 34.4 Å². The molecule has 0 atom stereocenters. The fourth-order valence-electron chi connectivity index (χ4n) is 4.05. The number of hydrogen-bond acceptors (Lipinski definition) is 9. The fourth-order valence-corrected chi connectivity index (χ4v) is 13.2. The second kappa shape index (κ2) is 19.0. The van der Waals surface area contributed by atoms with Crippen molar-refractivity contribution >= 4 is 76.5 Å². The lowest BCUT2D eigenvalue weighted by Crippen LogP contribution is -2.21. The van der Waals surface area contributed by atoms with Gasteiger partial charge in [0.15, 0.2) is 39.8 Å². The molecular formula is C34H20F10O6S7. The molecule has 0 aliphatic carbocycles. The van der Waals surface area contributed by atoms with Crippen LogP contribution in [0.25, 0.3) is 0 Å². The molecular weight excluding hydrogens is 919 g/mol. The third kappa shape index (κ3) is 13.2. The second-order valence-corrected chi connectivity index (χ2v) is 21.5. The topological polar surface area (TPSA) is 114 Å². The number of thiophene rings is 2. The second-order valence-electron chi connectivity index (χ2n) is 10.5. The number of halogens is 10. The van der Waals surface area contributed by atoms with Crippen LogP contribution in [-0.4, -0.2) is 37.0 Å². The number of alkyl halides is 6. The Morgan fingerprint density at radius 2 is 0.632 bits per heavy atom. The molecule has 0 bridgehead atoms. The highest BCUT2D eigenvalue weighted by Gasteiger charge is 2.38. The monoisotopic (exact) mass is 938 g/mol. The first-order chi connectivity index (χ1) is 26.4. The molecule has 0 aliphatic rings. The molecule has 4 aromatic carbocycles. The van der Waals surface area contributed by atoms with Crippen LogP contribution in [0, 0.1) is 23.3 Å². The van der Waals surface area contributed by atoms with Crippen LogP contribution in [0.4, 0.5) is 43.9 Å². The van der Waals surface area contributed by atoms with Gasteiger partial charge in [0.05, 0.1) is 8.42 Å². The number of rotatable bonds is 8. The predicted molar refractivity (Wildman–Crippen MR) is 194 cm³/mol. The highest BCUT2D eigenvalue weighted by Crippen LogP contribution is 2.44. The highest BCUT2D eigenvalue weighted by atomic mass is 32.2. The number of hydrogen-bond donors (Lipinski definition) is 0. The molecule has 23 heteroatoms. The van der Waals surface area contributed by atoms with Gasteiger partial charge in [-0.25, -0.2) is 34.4 Å². The van der Waals surface area contributed by atoms with E-state index in [2.05, 4.69) is 24.3 Å². The lowest BCUT2D eigenvalue weighted by atomic mass is 10.3. The van der Waals surface area contributed by atoms with E-state index < -0.39 is 53.0 Å². The van der Waals surface area contributed by atoms with Gasteiger partial charge in [-0.3, -0.25) is 0 Å². The lowest BCUT2D eigenvalue weighted by molar-refractivity contribution is -0.0522. The lowest BCUT2D eigenvalue weighted by Gasteiger charge is -2.08. The van der Waals surface area contributed by atoms with Gasteiger partial charge in [0.2, 0.25) is 8.42 Å². The third-order valence-corrected chi connectivity index (χ3v) is 16.2. The fraction of sp³-hybridized carbons (Fsp3) is 0.0588. The highest BCUT2D eigenvalue weighted by molar-refractivity contribution is 8.04. The number of benzene rings is 4. The van der Waals surface area contributed by atoms with E-state index in [0.717, 1.165) is 36.4 Å². The molecule has 2 heterocycles. The molecule has 0 aliphatic heterocycles. The van der Waals surface area contributed by atoms with Crippen molar-refractivity contribution in [1.29, 1.82) is 0 Å². The zero-order valence-electron chi connectivity index (χ0n) is 27.6. The largest absolute Gasteiger partial charge is 0.741 e. The van der Waals surface area contributed by atoms with Gasteiger partial charge in [0, 0.05) is 12.1 Å². The van der Waals surface area contributed by atoms with Crippen molar-refractivity contribution in [2.45, 2.75) is 47.4 Å². The maximum absolute atomic E-state index is 13.7. The normalized spacial score (nSPS) is 12.2. The first-order valence-electron chi connectivity index (χ1n) is 14.9. The maximum atomic E-state index is 13.7. The van der Waals surface area contributed by atoms with Gasteiger partial charge in [-0.2, -0.15) is 26.3 Å². The van der Waals surface area contributed by atoms with E-state index in [1.165, 1.54) is 48.5 Å². The van der Waals surface area contributed by atoms with Crippen molar-refractivity contribution < 1.29 is 69.8 Å². The molecule has 0 N–H and O–H groups in total. The van der Waals surface area contributed by atoms with Crippen LogP contribution in [0.15, 0.2) is 158 Å². The van der Waals surface area contributed by atoms with Crippen molar-refractivity contribution in [2.24, 2.45) is 0 Å². The molecule has 0 unspecified atom stereocenters. The summed E-state index contributed by atoms with van der Waals surface area (Å²) in [4.78, 5) is 3.82. The predicted octanol–water partition coefficient (Wildman–Crippen LogP) is 10.8. The van der Waals surface area contributed by atoms with Gasteiger partial charge < -0.3 is 9.11 Å². The average molecular weight is 939 g/mol. The maximum Gasteiger partial charge on any atom is 0.485 e. The molecule has 304 valence electrons. The molecule has 0 saturated carbocycles. The van der Waals surface area contributed by atoms with E-state index in [9.17, 15) is 43.9 Å². The minimum absolute atomic E-state index is 0.299. The van der Waals surface area contributed by atoms with Crippen molar-refractivity contribution in [3.63, 3.8) is 0 Å². The van der Waals surface area contributed by atoms with Crippen LogP contribution in [0.3, 0.4) is 0 Å². The Labute approximate surface area is 336 Å². The molecule has 6 aromatic rings. The van der Waals surface area contributed by atoms with Crippen LogP contribution in [-0.2, 0) is 42.0 Å². The molecule has 0 radical (unpaired) electrons. The van der Waals surface area contributed by atoms with Gasteiger partial charge in [0.1, 0.15) is 45.1 Å². The van der Waals surface area contributed by atoms with Crippen molar-refractivity contribution in [3.05, 3.63) is 145 Å². The molecule has 0 amide bonds. The van der Waals surface area contributed by atoms with Crippen LogP contribution in [0.5, 0.6) is 0 Å². The van der Waals surface area contributed by atoms with Gasteiger partial charge in [-0.05, 0) is 109 Å². The first kappa shape index (κ1) is 46.1. The summed E-state index contributed by atoms with van der Waals surface area (Å²) in [6.07, 6.45) is 0. The van der Waals surface area contributed by atoms with Gasteiger partial charge in [0.25, 0.3) is 0 Å². The minimum Gasteiger partial charge on any atom is -0.741 e. The standard InChI is InChI=1S/C32H20F4S5.2CHF3O3S/c33-21-1-9-25(10-2-21)40(26-11-3-22(34)4-12-26)31-19-17-29(38-31)37-30-18-20-32(39-30)41(27-13-5-23(35)6-14-27)28-15-7-24(36)8-16-28;2*2-1(3,4)8(5,6)7/h1-20H;2*(H,5,6,7)/q+2;;/p-2. The Balaban J connectivity index is 0.000000379. The Bertz CT molecular complexity index is 2190. The summed E-state index contributed by atoms with van der Waals surface area (Å²) < 4.78 is 177.